The van der Waals surface area contributed by atoms with Crippen molar-refractivity contribution in [2.45, 2.75) is 105 Å². The largest absolute Gasteiger partial charge is 0.289 e. The molecule has 0 fully saturated rings. The van der Waals surface area contributed by atoms with Crippen molar-refractivity contribution in [1.29, 1.82) is 0 Å². The molecule has 0 aromatic rings. The van der Waals surface area contributed by atoms with Crippen LogP contribution in [-0.2, 0) is 4.79 Å². The molecule has 0 aliphatic heterocycles. The van der Waals surface area contributed by atoms with Crippen LogP contribution in [0.4, 0.5) is 0 Å². The molecule has 0 aromatic carbocycles. The van der Waals surface area contributed by atoms with Gasteiger partial charge in [0.2, 0.25) is 0 Å². The zero-order chi connectivity index (χ0) is 16.6. The highest BCUT2D eigenvalue weighted by atomic mass is 16.1. The number of unbranched alkanes of at least 4 members (excludes halogenated alkanes) is 10. The van der Waals surface area contributed by atoms with Crippen molar-refractivity contribution in [2.75, 3.05) is 0 Å². The van der Waals surface area contributed by atoms with Gasteiger partial charge in [0.1, 0.15) is 0 Å². The van der Waals surface area contributed by atoms with Crippen molar-refractivity contribution >= 4 is 5.78 Å². The Morgan fingerprint density at radius 2 is 1.00 bits per heavy atom. The molecule has 0 aliphatic carbocycles. The van der Waals surface area contributed by atoms with E-state index in [2.05, 4.69) is 26.0 Å². The van der Waals surface area contributed by atoms with E-state index in [1.165, 1.54) is 64.2 Å². The quantitative estimate of drug-likeness (QED) is 0.245. The first-order valence-corrected chi connectivity index (χ1v) is 9.51. The van der Waals surface area contributed by atoms with E-state index < -0.39 is 0 Å². The van der Waals surface area contributed by atoms with Gasteiger partial charge in [-0.15, -0.1) is 0 Å². The lowest BCUT2D eigenvalue weighted by Gasteiger charge is -2.03. The van der Waals surface area contributed by atoms with E-state index >= 15 is 0 Å². The van der Waals surface area contributed by atoms with Crippen molar-refractivity contribution in [3.8, 4) is 0 Å². The summed E-state index contributed by atoms with van der Waals surface area (Å²) in [4.78, 5) is 12.2. The van der Waals surface area contributed by atoms with E-state index in [1.807, 2.05) is 13.8 Å². The summed E-state index contributed by atoms with van der Waals surface area (Å²) in [6.45, 7) is 8.41. The Bertz CT molecular complexity index is 304. The van der Waals surface area contributed by atoms with Gasteiger partial charge in [-0.3, -0.25) is 4.79 Å². The second-order valence-electron chi connectivity index (χ2n) is 6.51. The normalized spacial score (nSPS) is 12.7. The number of carbonyl (C=O) groups excluding carboxylic acids is 1. The standard InChI is InChI=1S/C21H38O/c1-5-7-9-11-13-15-17-19(3)21(22)20(4)18-16-14-12-10-8-6-2/h17-18H,5-16H2,1-4H3. The van der Waals surface area contributed by atoms with Gasteiger partial charge in [0, 0.05) is 0 Å². The summed E-state index contributed by atoms with van der Waals surface area (Å²) in [6, 6.07) is 0. The molecule has 0 N–H and O–H groups in total. The van der Waals surface area contributed by atoms with Crippen molar-refractivity contribution in [3.63, 3.8) is 0 Å². The van der Waals surface area contributed by atoms with Crippen molar-refractivity contribution in [1.82, 2.24) is 0 Å². The smallest absolute Gasteiger partial charge is 0.183 e. The highest BCUT2D eigenvalue weighted by Gasteiger charge is 2.06. The summed E-state index contributed by atoms with van der Waals surface area (Å²) >= 11 is 0. The van der Waals surface area contributed by atoms with Gasteiger partial charge in [0.15, 0.2) is 5.78 Å². The highest BCUT2D eigenvalue weighted by Crippen LogP contribution is 2.12. The molecule has 0 bridgehead atoms. The molecule has 0 rings (SSSR count). The number of allylic oxidation sites excluding steroid dienone is 4. The van der Waals surface area contributed by atoms with E-state index in [1.54, 1.807) is 0 Å². The monoisotopic (exact) mass is 306 g/mol. The van der Waals surface area contributed by atoms with Gasteiger partial charge in [-0.1, -0.05) is 77.4 Å². The summed E-state index contributed by atoms with van der Waals surface area (Å²) in [7, 11) is 0. The molecule has 1 heteroatoms. The van der Waals surface area contributed by atoms with E-state index in [4.69, 9.17) is 0 Å². The number of Topliss-reactive ketones (excluding diaryl/α,β-unsaturated/α-hetero) is 1. The van der Waals surface area contributed by atoms with E-state index in [0.717, 1.165) is 24.0 Å². The summed E-state index contributed by atoms with van der Waals surface area (Å²) in [5.41, 5.74) is 1.85. The lowest BCUT2D eigenvalue weighted by molar-refractivity contribution is -0.112. The Labute approximate surface area is 139 Å². The molecule has 0 aliphatic rings. The lowest BCUT2D eigenvalue weighted by atomic mass is 10.0. The first-order chi connectivity index (χ1) is 10.6. The highest BCUT2D eigenvalue weighted by molar-refractivity contribution is 6.07. The second kappa shape index (κ2) is 15.1. The average Bonchev–Trinajstić information content (AvgIpc) is 2.52. The first-order valence-electron chi connectivity index (χ1n) is 9.51. The molecule has 0 radical (unpaired) electrons. The van der Waals surface area contributed by atoms with E-state index in [0.29, 0.717) is 0 Å². The van der Waals surface area contributed by atoms with Gasteiger partial charge in [-0.2, -0.15) is 0 Å². The van der Waals surface area contributed by atoms with Crippen LogP contribution in [0, 0.1) is 0 Å². The Hall–Kier alpha value is -0.850. The van der Waals surface area contributed by atoms with Crippen molar-refractivity contribution in [3.05, 3.63) is 23.3 Å². The van der Waals surface area contributed by atoms with Gasteiger partial charge in [-0.25, -0.2) is 0 Å². The molecular weight excluding hydrogens is 268 g/mol. The van der Waals surface area contributed by atoms with Crippen LogP contribution in [-0.4, -0.2) is 5.78 Å². The predicted octanol–water partition coefficient (Wildman–Crippen LogP) is 7.17. The zero-order valence-electron chi connectivity index (χ0n) is 15.5. The van der Waals surface area contributed by atoms with Crippen LogP contribution < -0.4 is 0 Å². The summed E-state index contributed by atoms with van der Waals surface area (Å²) in [6.07, 6.45) is 19.3. The van der Waals surface area contributed by atoms with Crippen molar-refractivity contribution < 1.29 is 4.79 Å². The maximum Gasteiger partial charge on any atom is 0.183 e. The molecule has 0 saturated carbocycles. The minimum Gasteiger partial charge on any atom is -0.289 e. The number of ketones is 1. The number of carbonyl (C=O) groups is 1. The number of hydrogen-bond acceptors (Lipinski definition) is 1. The number of hydrogen-bond donors (Lipinski definition) is 0. The van der Waals surface area contributed by atoms with Crippen LogP contribution in [0.1, 0.15) is 105 Å². The van der Waals surface area contributed by atoms with Crippen LogP contribution in [0.25, 0.3) is 0 Å². The van der Waals surface area contributed by atoms with Crippen LogP contribution in [0.3, 0.4) is 0 Å². The Morgan fingerprint density at radius 3 is 1.36 bits per heavy atom. The predicted molar refractivity (Wildman–Crippen MR) is 99.3 cm³/mol. The minimum atomic E-state index is 0.238. The third-order valence-corrected chi connectivity index (χ3v) is 4.23. The molecule has 0 aromatic heterocycles. The van der Waals surface area contributed by atoms with Crippen LogP contribution >= 0.6 is 0 Å². The fourth-order valence-corrected chi connectivity index (χ4v) is 2.63. The lowest BCUT2D eigenvalue weighted by Crippen LogP contribution is -2.01. The van der Waals surface area contributed by atoms with E-state index in [-0.39, 0.29) is 5.78 Å². The van der Waals surface area contributed by atoms with Crippen molar-refractivity contribution in [2.24, 2.45) is 0 Å². The summed E-state index contributed by atoms with van der Waals surface area (Å²) in [5, 5.41) is 0. The molecular formula is C21H38O. The summed E-state index contributed by atoms with van der Waals surface area (Å²) in [5.74, 6) is 0.238. The molecule has 0 unspecified atom stereocenters. The molecule has 22 heavy (non-hydrogen) atoms. The maximum atomic E-state index is 12.2. The Balaban J connectivity index is 3.93. The molecule has 0 heterocycles. The molecule has 0 amide bonds. The van der Waals surface area contributed by atoms with Gasteiger partial charge in [0.25, 0.3) is 0 Å². The first kappa shape index (κ1) is 21.1. The molecule has 0 spiro atoms. The fourth-order valence-electron chi connectivity index (χ4n) is 2.63. The van der Waals surface area contributed by atoms with Gasteiger partial charge >= 0.3 is 0 Å². The SMILES string of the molecule is CCCCCCCC=C(C)C(=O)C(C)=CCCCCCCC. The third-order valence-electron chi connectivity index (χ3n) is 4.23. The molecule has 0 atom stereocenters. The van der Waals surface area contributed by atoms with E-state index in [9.17, 15) is 4.79 Å². The van der Waals surface area contributed by atoms with Crippen LogP contribution in [0.2, 0.25) is 0 Å². The average molecular weight is 307 g/mol. The molecule has 128 valence electrons. The molecule has 1 nitrogen and oxygen atoms in total. The van der Waals surface area contributed by atoms with Gasteiger partial charge in [0.05, 0.1) is 0 Å². The summed E-state index contributed by atoms with van der Waals surface area (Å²) < 4.78 is 0. The Morgan fingerprint density at radius 1 is 0.636 bits per heavy atom. The molecule has 0 saturated heterocycles. The maximum absolute atomic E-state index is 12.2. The van der Waals surface area contributed by atoms with Crippen LogP contribution in [0.5, 0.6) is 0 Å². The second-order valence-corrected chi connectivity index (χ2v) is 6.51. The van der Waals surface area contributed by atoms with Gasteiger partial charge < -0.3 is 0 Å². The number of rotatable bonds is 14. The zero-order valence-corrected chi connectivity index (χ0v) is 15.5. The van der Waals surface area contributed by atoms with Gasteiger partial charge in [-0.05, 0) is 50.7 Å². The minimum absolute atomic E-state index is 0.238. The Kier molecular flexibility index (Phi) is 14.5. The fraction of sp³-hybridized carbons (Fsp3) is 0.762. The topological polar surface area (TPSA) is 17.1 Å². The van der Waals surface area contributed by atoms with Crippen LogP contribution in [0.15, 0.2) is 23.3 Å². The third kappa shape index (κ3) is 11.8.